The van der Waals surface area contributed by atoms with Gasteiger partial charge in [-0.05, 0) is 38.9 Å². The predicted octanol–water partition coefficient (Wildman–Crippen LogP) is 3.62. The molecule has 1 rings (SSSR count). The quantitative estimate of drug-likeness (QED) is 0.807. The highest BCUT2D eigenvalue weighted by Gasteiger charge is 2.22. The van der Waals surface area contributed by atoms with Crippen molar-refractivity contribution in [2.75, 3.05) is 20.1 Å². The van der Waals surface area contributed by atoms with Gasteiger partial charge in [-0.2, -0.15) is 0 Å². The second kappa shape index (κ2) is 7.66. The fraction of sp³-hybridized carbons (Fsp3) is 0.647. The van der Waals surface area contributed by atoms with Gasteiger partial charge in [0.15, 0.2) is 0 Å². The lowest BCUT2D eigenvalue weighted by Crippen LogP contribution is -2.42. The normalized spacial score (nSPS) is 14.9. The van der Waals surface area contributed by atoms with Crippen molar-refractivity contribution in [3.05, 3.63) is 35.4 Å². The van der Waals surface area contributed by atoms with Crippen LogP contribution in [0.2, 0.25) is 0 Å². The van der Waals surface area contributed by atoms with Gasteiger partial charge in [-0.1, -0.05) is 50.6 Å². The van der Waals surface area contributed by atoms with Gasteiger partial charge in [-0.3, -0.25) is 0 Å². The van der Waals surface area contributed by atoms with Crippen LogP contribution in [0.15, 0.2) is 24.3 Å². The largest absolute Gasteiger partial charge is 0.309 e. The summed E-state index contributed by atoms with van der Waals surface area (Å²) in [6.45, 7) is 13.3. The Labute approximate surface area is 119 Å². The lowest BCUT2D eigenvalue weighted by Gasteiger charge is -2.34. The number of rotatable bonds is 7. The zero-order chi connectivity index (χ0) is 14.4. The van der Waals surface area contributed by atoms with Gasteiger partial charge < -0.3 is 10.2 Å². The fourth-order valence-corrected chi connectivity index (χ4v) is 2.56. The van der Waals surface area contributed by atoms with Gasteiger partial charge in [0.2, 0.25) is 0 Å². The highest BCUT2D eigenvalue weighted by molar-refractivity contribution is 5.25. The molecule has 1 N–H and O–H groups in total. The Morgan fingerprint density at radius 2 is 1.68 bits per heavy atom. The maximum Gasteiger partial charge on any atom is 0.0475 e. The molecule has 1 aromatic carbocycles. The van der Waals surface area contributed by atoms with Crippen LogP contribution in [0.5, 0.6) is 0 Å². The van der Waals surface area contributed by atoms with Crippen molar-refractivity contribution in [3.8, 4) is 0 Å². The summed E-state index contributed by atoms with van der Waals surface area (Å²) >= 11 is 0. The maximum atomic E-state index is 3.63. The molecular formula is C17H30N2. The molecule has 2 atom stereocenters. The Kier molecular flexibility index (Phi) is 6.53. The minimum atomic E-state index is 0.398. The van der Waals surface area contributed by atoms with Crippen LogP contribution in [0.4, 0.5) is 0 Å². The number of aryl methyl sites for hydroxylation is 1. The Hall–Kier alpha value is -0.860. The third-order valence-corrected chi connectivity index (χ3v) is 3.69. The molecular weight excluding hydrogens is 232 g/mol. The van der Waals surface area contributed by atoms with Crippen molar-refractivity contribution in [1.29, 1.82) is 0 Å². The Balaban J connectivity index is 2.84. The maximum absolute atomic E-state index is 3.63. The highest BCUT2D eigenvalue weighted by Crippen LogP contribution is 2.21. The molecule has 0 saturated heterocycles. The number of nitrogens with one attached hydrogen (secondary N) is 1. The molecule has 0 aliphatic heterocycles. The van der Waals surface area contributed by atoms with E-state index >= 15 is 0 Å². The third kappa shape index (κ3) is 4.96. The molecule has 2 unspecified atom stereocenters. The number of hydrogen-bond acceptors (Lipinski definition) is 2. The van der Waals surface area contributed by atoms with Gasteiger partial charge >= 0.3 is 0 Å². The molecule has 19 heavy (non-hydrogen) atoms. The molecule has 0 spiro atoms. The summed E-state index contributed by atoms with van der Waals surface area (Å²) in [5, 5.41) is 3.63. The first-order chi connectivity index (χ1) is 8.95. The lowest BCUT2D eigenvalue weighted by molar-refractivity contribution is 0.188. The number of benzene rings is 1. The first-order valence-electron chi connectivity index (χ1n) is 7.45. The lowest BCUT2D eigenvalue weighted by atomic mass is 9.97. The van der Waals surface area contributed by atoms with Crippen molar-refractivity contribution in [1.82, 2.24) is 10.2 Å². The van der Waals surface area contributed by atoms with Crippen LogP contribution in [0.3, 0.4) is 0 Å². The number of hydrogen-bond donors (Lipinski definition) is 1. The molecule has 0 fully saturated rings. The van der Waals surface area contributed by atoms with Crippen LogP contribution in [-0.4, -0.2) is 31.1 Å². The molecule has 0 saturated carbocycles. The topological polar surface area (TPSA) is 15.3 Å². The molecule has 1 aromatic rings. The van der Waals surface area contributed by atoms with E-state index in [1.165, 1.54) is 11.1 Å². The fourth-order valence-electron chi connectivity index (χ4n) is 2.56. The Morgan fingerprint density at radius 3 is 2.16 bits per heavy atom. The molecule has 2 heteroatoms. The smallest absolute Gasteiger partial charge is 0.0475 e. The van der Waals surface area contributed by atoms with Crippen molar-refractivity contribution in [2.24, 2.45) is 5.92 Å². The molecule has 0 amide bonds. The van der Waals surface area contributed by atoms with E-state index in [1.807, 2.05) is 0 Å². The number of nitrogens with zero attached hydrogens (tertiary/aromatic N) is 1. The van der Waals surface area contributed by atoms with Gasteiger partial charge in [-0.25, -0.2) is 0 Å². The molecule has 108 valence electrons. The standard InChI is InChI=1S/C17H30N2/c1-7-18-17(15(5)19(6)12-13(2)3)16-10-8-14(4)9-11-16/h8-11,13,15,17-18H,7,12H2,1-6H3. The van der Waals surface area contributed by atoms with E-state index in [4.69, 9.17) is 0 Å². The van der Waals surface area contributed by atoms with E-state index < -0.39 is 0 Å². The monoisotopic (exact) mass is 262 g/mol. The summed E-state index contributed by atoms with van der Waals surface area (Å²) in [7, 11) is 2.23. The molecule has 0 aromatic heterocycles. The Bertz CT molecular complexity index is 356. The summed E-state index contributed by atoms with van der Waals surface area (Å²) in [5.41, 5.74) is 2.71. The van der Waals surface area contributed by atoms with Crippen LogP contribution in [0, 0.1) is 12.8 Å². The zero-order valence-electron chi connectivity index (χ0n) is 13.4. The summed E-state index contributed by atoms with van der Waals surface area (Å²) < 4.78 is 0. The second-order valence-corrected chi connectivity index (χ2v) is 6.02. The van der Waals surface area contributed by atoms with E-state index in [2.05, 4.69) is 76.1 Å². The van der Waals surface area contributed by atoms with Gasteiger partial charge in [0.1, 0.15) is 0 Å². The Morgan fingerprint density at radius 1 is 1.11 bits per heavy atom. The third-order valence-electron chi connectivity index (χ3n) is 3.69. The van der Waals surface area contributed by atoms with Crippen LogP contribution < -0.4 is 5.32 Å². The van der Waals surface area contributed by atoms with Gasteiger partial charge in [0.25, 0.3) is 0 Å². The number of likely N-dealkylation sites (N-methyl/N-ethyl adjacent to an activating group) is 2. The minimum Gasteiger partial charge on any atom is -0.309 e. The summed E-state index contributed by atoms with van der Waals surface area (Å²) in [5.74, 6) is 0.702. The molecule has 2 nitrogen and oxygen atoms in total. The van der Waals surface area contributed by atoms with Gasteiger partial charge in [0, 0.05) is 18.6 Å². The molecule has 0 radical (unpaired) electrons. The van der Waals surface area contributed by atoms with Crippen LogP contribution in [-0.2, 0) is 0 Å². The van der Waals surface area contributed by atoms with Gasteiger partial charge in [0.05, 0.1) is 0 Å². The SMILES string of the molecule is CCNC(c1ccc(C)cc1)C(C)N(C)CC(C)C. The van der Waals surface area contributed by atoms with E-state index in [1.54, 1.807) is 0 Å². The second-order valence-electron chi connectivity index (χ2n) is 6.02. The summed E-state index contributed by atoms with van der Waals surface area (Å²) in [6.07, 6.45) is 0. The van der Waals surface area contributed by atoms with Crippen molar-refractivity contribution < 1.29 is 0 Å². The highest BCUT2D eigenvalue weighted by atomic mass is 15.2. The van der Waals surface area contributed by atoms with Gasteiger partial charge in [-0.15, -0.1) is 0 Å². The average Bonchev–Trinajstić information content (AvgIpc) is 2.35. The minimum absolute atomic E-state index is 0.398. The summed E-state index contributed by atoms with van der Waals surface area (Å²) in [4.78, 5) is 2.46. The molecule has 0 aliphatic rings. The van der Waals surface area contributed by atoms with Crippen molar-refractivity contribution >= 4 is 0 Å². The molecule has 0 bridgehead atoms. The summed E-state index contributed by atoms with van der Waals surface area (Å²) in [6, 6.07) is 9.80. The van der Waals surface area contributed by atoms with E-state index in [0.717, 1.165) is 13.1 Å². The van der Waals surface area contributed by atoms with Crippen LogP contribution >= 0.6 is 0 Å². The van der Waals surface area contributed by atoms with E-state index in [9.17, 15) is 0 Å². The van der Waals surface area contributed by atoms with Crippen LogP contribution in [0.25, 0.3) is 0 Å². The van der Waals surface area contributed by atoms with Crippen molar-refractivity contribution in [2.45, 2.75) is 46.7 Å². The van der Waals surface area contributed by atoms with Crippen molar-refractivity contribution in [3.63, 3.8) is 0 Å². The zero-order valence-corrected chi connectivity index (χ0v) is 13.4. The first-order valence-corrected chi connectivity index (χ1v) is 7.45. The predicted molar refractivity (Wildman–Crippen MR) is 84.5 cm³/mol. The molecule has 0 heterocycles. The van der Waals surface area contributed by atoms with Crippen LogP contribution in [0.1, 0.15) is 44.9 Å². The average molecular weight is 262 g/mol. The first kappa shape index (κ1) is 16.2. The van der Waals surface area contributed by atoms with E-state index in [0.29, 0.717) is 18.0 Å². The molecule has 0 aliphatic carbocycles. The van der Waals surface area contributed by atoms with E-state index in [-0.39, 0.29) is 0 Å².